The van der Waals surface area contributed by atoms with Gasteiger partial charge in [-0.25, -0.2) is 4.98 Å². The lowest BCUT2D eigenvalue weighted by Gasteiger charge is -2.51. The van der Waals surface area contributed by atoms with Gasteiger partial charge in [0.25, 0.3) is 11.8 Å². The number of phenolic OH excluding ortho intramolecular Hbond substituents is 1. The average molecular weight is 836 g/mol. The van der Waals surface area contributed by atoms with Crippen molar-refractivity contribution >= 4 is 58.3 Å². The molecule has 1 saturated carbocycles. The molecule has 3 fully saturated rings. The van der Waals surface area contributed by atoms with Gasteiger partial charge in [-0.2, -0.15) is 18.2 Å². The van der Waals surface area contributed by atoms with Crippen molar-refractivity contribution in [1.29, 1.82) is 0 Å². The zero-order chi connectivity index (χ0) is 41.4. The molecule has 2 saturated heterocycles. The fourth-order valence-corrected chi connectivity index (χ4v) is 9.78. The number of halogens is 5. The van der Waals surface area contributed by atoms with E-state index in [4.69, 9.17) is 32.7 Å². The molecule has 4 aliphatic rings. The van der Waals surface area contributed by atoms with Crippen molar-refractivity contribution < 1.29 is 46.9 Å². The second-order valence-corrected chi connectivity index (χ2v) is 15.6. The number of anilines is 2. The molecule has 11 nitrogen and oxygen atoms in total. The summed E-state index contributed by atoms with van der Waals surface area (Å²) in [7, 11) is 2.73. The van der Waals surface area contributed by atoms with Gasteiger partial charge in [0.05, 0.1) is 53.7 Å². The maximum atomic E-state index is 15.5. The zero-order valence-corrected chi connectivity index (χ0v) is 32.7. The zero-order valence-electron chi connectivity index (χ0n) is 31.1. The van der Waals surface area contributed by atoms with Gasteiger partial charge in [-0.15, -0.1) is 0 Å². The Morgan fingerprint density at radius 3 is 2.16 bits per heavy atom. The standard InChI is InChI=1S/C42H35Cl2F3N4O7/c1-4-20-5-11-24(12-6-20)50-37(53)27-14-13-26-28(33(27)39(50)55)18-29-38(54)51(49-36-30(44)15-22(19-48-36)42(45,46)47)40(56)41(29,21-7-9-23(43)10-8-21)35(26)34-31(57-2)16-25(52)17-32(34)58-3/h5-13,15-17,19,27-29,33,35,52H,4,14,18H2,1-3H3,(H,48,49). The number of carbonyl (C=O) groups is 4. The van der Waals surface area contributed by atoms with Crippen LogP contribution in [0.25, 0.3) is 0 Å². The van der Waals surface area contributed by atoms with Gasteiger partial charge in [-0.05, 0) is 66.6 Å². The summed E-state index contributed by atoms with van der Waals surface area (Å²) < 4.78 is 52.4. The van der Waals surface area contributed by atoms with Crippen LogP contribution in [0.3, 0.4) is 0 Å². The molecule has 2 aliphatic carbocycles. The summed E-state index contributed by atoms with van der Waals surface area (Å²) in [5.74, 6) is -7.78. The van der Waals surface area contributed by atoms with Crippen LogP contribution in [0, 0.1) is 23.7 Å². The second-order valence-electron chi connectivity index (χ2n) is 14.7. The quantitative estimate of drug-likeness (QED) is 0.134. The third kappa shape index (κ3) is 5.90. The largest absolute Gasteiger partial charge is 0.508 e. The van der Waals surface area contributed by atoms with Crippen LogP contribution in [0.15, 0.2) is 84.6 Å². The fraction of sp³-hybridized carbons (Fsp3) is 0.310. The Morgan fingerprint density at radius 1 is 0.914 bits per heavy atom. The molecule has 0 spiro atoms. The van der Waals surface area contributed by atoms with E-state index in [9.17, 15) is 27.9 Å². The summed E-state index contributed by atoms with van der Waals surface area (Å²) in [6, 6.07) is 16.8. The van der Waals surface area contributed by atoms with Crippen molar-refractivity contribution in [2.45, 2.75) is 43.7 Å². The van der Waals surface area contributed by atoms with Crippen molar-refractivity contribution in [3.8, 4) is 17.2 Å². The van der Waals surface area contributed by atoms with Gasteiger partial charge in [0.2, 0.25) is 11.8 Å². The minimum atomic E-state index is -4.77. The van der Waals surface area contributed by atoms with Crippen LogP contribution in [-0.2, 0) is 37.2 Å². The molecule has 3 aromatic carbocycles. The lowest BCUT2D eigenvalue weighted by molar-refractivity contribution is -0.139. The maximum absolute atomic E-state index is 15.5. The highest BCUT2D eigenvalue weighted by molar-refractivity contribution is 6.33. The highest BCUT2D eigenvalue weighted by atomic mass is 35.5. The minimum Gasteiger partial charge on any atom is -0.508 e. The molecule has 2 N–H and O–H groups in total. The first-order valence-corrected chi connectivity index (χ1v) is 19.2. The molecule has 4 aromatic rings. The SMILES string of the molecule is CCc1ccc(N2C(=O)C3CC=C4C(CC5C(=O)N(Nc6ncc(C(F)(F)F)cc6Cl)C(=O)C5(c5ccc(Cl)cc5)C4c4c(OC)cc(O)cc4OC)C3C2=O)cc1. The third-order valence-corrected chi connectivity index (χ3v) is 12.5. The molecule has 0 bridgehead atoms. The van der Waals surface area contributed by atoms with E-state index in [1.165, 1.54) is 31.3 Å². The Bertz CT molecular complexity index is 2380. The molecular weight excluding hydrogens is 800 g/mol. The van der Waals surface area contributed by atoms with Crippen LogP contribution in [0.4, 0.5) is 24.7 Å². The first-order chi connectivity index (χ1) is 27.6. The summed E-state index contributed by atoms with van der Waals surface area (Å²) in [5, 5.41) is 11.3. The van der Waals surface area contributed by atoms with Crippen LogP contribution < -0.4 is 19.8 Å². The number of phenols is 1. The summed E-state index contributed by atoms with van der Waals surface area (Å²) in [5.41, 5.74) is 2.22. The highest BCUT2D eigenvalue weighted by Crippen LogP contribution is 2.66. The number of aryl methyl sites for hydroxylation is 1. The number of allylic oxidation sites excluding steroid dienone is 2. The molecule has 6 unspecified atom stereocenters. The van der Waals surface area contributed by atoms with Crippen LogP contribution in [0.1, 0.15) is 47.9 Å². The van der Waals surface area contributed by atoms with Gasteiger partial charge in [0.1, 0.15) is 17.2 Å². The van der Waals surface area contributed by atoms with Gasteiger partial charge in [0, 0.05) is 34.8 Å². The first-order valence-electron chi connectivity index (χ1n) is 18.4. The monoisotopic (exact) mass is 834 g/mol. The van der Waals surface area contributed by atoms with Crippen LogP contribution in [0.2, 0.25) is 10.0 Å². The number of rotatable bonds is 8. The second kappa shape index (κ2) is 14.3. The molecular formula is C42H35Cl2F3N4O7. The number of ether oxygens (including phenoxy) is 2. The average Bonchev–Trinajstić information content (AvgIpc) is 3.58. The van der Waals surface area contributed by atoms with Crippen LogP contribution in [-0.4, -0.2) is 52.9 Å². The number of carbonyl (C=O) groups excluding carboxylic acids is 4. The molecule has 6 atom stereocenters. The molecule has 3 heterocycles. The van der Waals surface area contributed by atoms with E-state index < -0.39 is 75.3 Å². The number of imide groups is 2. The number of amides is 4. The summed E-state index contributed by atoms with van der Waals surface area (Å²) in [4.78, 5) is 64.4. The number of nitrogens with zero attached hydrogens (tertiary/aromatic N) is 3. The molecule has 4 amide bonds. The van der Waals surface area contributed by atoms with E-state index >= 15 is 9.59 Å². The Kier molecular flexibility index (Phi) is 9.70. The molecule has 2 aliphatic heterocycles. The van der Waals surface area contributed by atoms with E-state index in [2.05, 4.69) is 10.4 Å². The normalized spacial score (nSPS) is 25.3. The number of aromatic nitrogens is 1. The number of hydrogen-bond acceptors (Lipinski definition) is 9. The molecule has 0 radical (unpaired) electrons. The van der Waals surface area contributed by atoms with Crippen molar-refractivity contribution in [3.05, 3.63) is 117 Å². The summed E-state index contributed by atoms with van der Waals surface area (Å²) >= 11 is 12.7. The number of nitrogens with one attached hydrogen (secondary N) is 1. The number of hydrogen-bond donors (Lipinski definition) is 2. The van der Waals surface area contributed by atoms with Crippen molar-refractivity contribution in [3.63, 3.8) is 0 Å². The number of benzene rings is 3. The van der Waals surface area contributed by atoms with E-state index in [1.807, 2.05) is 25.1 Å². The Balaban J connectivity index is 1.35. The van der Waals surface area contributed by atoms with Crippen LogP contribution in [0.5, 0.6) is 17.2 Å². The van der Waals surface area contributed by atoms with Gasteiger partial charge in [-0.1, -0.05) is 66.0 Å². The van der Waals surface area contributed by atoms with Crippen molar-refractivity contribution in [2.24, 2.45) is 23.7 Å². The van der Waals surface area contributed by atoms with Gasteiger partial charge < -0.3 is 14.6 Å². The van der Waals surface area contributed by atoms with Crippen molar-refractivity contribution in [2.75, 3.05) is 24.5 Å². The summed E-state index contributed by atoms with van der Waals surface area (Å²) in [6.07, 6.45) is -1.61. The summed E-state index contributed by atoms with van der Waals surface area (Å²) in [6.45, 7) is 1.99. The molecule has 58 heavy (non-hydrogen) atoms. The van der Waals surface area contributed by atoms with Crippen LogP contribution >= 0.6 is 23.2 Å². The molecule has 300 valence electrons. The van der Waals surface area contributed by atoms with Gasteiger partial charge >= 0.3 is 6.18 Å². The van der Waals surface area contributed by atoms with Gasteiger partial charge in [0.15, 0.2) is 5.82 Å². The lowest BCUT2D eigenvalue weighted by Crippen LogP contribution is -2.53. The molecule has 8 rings (SSSR count). The van der Waals surface area contributed by atoms with Gasteiger partial charge in [-0.3, -0.25) is 29.5 Å². The molecule has 16 heteroatoms. The highest BCUT2D eigenvalue weighted by Gasteiger charge is 2.71. The predicted molar refractivity (Wildman–Crippen MR) is 206 cm³/mol. The Hall–Kier alpha value is -5.60. The predicted octanol–water partition coefficient (Wildman–Crippen LogP) is 7.88. The third-order valence-electron chi connectivity index (χ3n) is 12.0. The first kappa shape index (κ1) is 39.2. The maximum Gasteiger partial charge on any atom is 0.417 e. The number of aromatic hydroxyl groups is 1. The number of alkyl halides is 3. The topological polar surface area (TPSA) is 138 Å². The van der Waals surface area contributed by atoms with E-state index in [0.29, 0.717) is 39.1 Å². The Labute approximate surface area is 340 Å². The number of methoxy groups -OCH3 is 2. The Morgan fingerprint density at radius 2 is 1.57 bits per heavy atom. The van der Waals surface area contributed by atoms with E-state index in [0.717, 1.165) is 12.0 Å². The number of fused-ring (bicyclic) bond motifs is 4. The smallest absolute Gasteiger partial charge is 0.417 e. The minimum absolute atomic E-state index is 0.0899. The fourth-order valence-electron chi connectivity index (χ4n) is 9.44. The van der Waals surface area contributed by atoms with E-state index in [1.54, 1.807) is 36.4 Å². The van der Waals surface area contributed by atoms with E-state index in [-0.39, 0.29) is 41.6 Å². The van der Waals surface area contributed by atoms with Crippen molar-refractivity contribution in [1.82, 2.24) is 9.99 Å². The lowest BCUT2D eigenvalue weighted by atomic mass is 9.49. The number of hydrazine groups is 1. The molecule has 1 aromatic heterocycles. The number of pyridine rings is 1.